The number of fused-ring (bicyclic) bond motifs is 5. The van der Waals surface area contributed by atoms with Crippen LogP contribution >= 0.6 is 15.9 Å². The molecule has 0 spiro atoms. The Labute approximate surface area is 324 Å². The zero-order valence-electron chi connectivity index (χ0n) is 29.9. The highest BCUT2D eigenvalue weighted by molar-refractivity contribution is 9.09. The first kappa shape index (κ1) is 37.0. The monoisotopic (exact) mass is 831 g/mol. The van der Waals surface area contributed by atoms with Crippen molar-refractivity contribution in [3.63, 3.8) is 0 Å². The van der Waals surface area contributed by atoms with Gasteiger partial charge >= 0.3 is 18.2 Å². The summed E-state index contributed by atoms with van der Waals surface area (Å²) < 4.78 is 54.3. The summed E-state index contributed by atoms with van der Waals surface area (Å²) in [5.74, 6) is -3.06. The number of alkyl halides is 4. The third kappa shape index (κ3) is 6.59. The van der Waals surface area contributed by atoms with Crippen molar-refractivity contribution in [3.05, 3.63) is 95.1 Å². The van der Waals surface area contributed by atoms with Gasteiger partial charge in [0.2, 0.25) is 0 Å². The van der Waals surface area contributed by atoms with Crippen molar-refractivity contribution in [3.8, 4) is 5.75 Å². The summed E-state index contributed by atoms with van der Waals surface area (Å²) in [6.45, 7) is 1.82. The molecule has 0 saturated carbocycles. The molecular formula is C39H33BrF3N7O6. The van der Waals surface area contributed by atoms with E-state index in [4.69, 9.17) is 9.47 Å². The van der Waals surface area contributed by atoms with Crippen molar-refractivity contribution < 1.29 is 41.8 Å². The lowest BCUT2D eigenvalue weighted by Crippen LogP contribution is -2.48. The molecule has 2 aliphatic rings. The predicted octanol–water partition coefficient (Wildman–Crippen LogP) is 7.14. The summed E-state index contributed by atoms with van der Waals surface area (Å²) in [6, 6.07) is 17.3. The first-order valence-electron chi connectivity index (χ1n) is 17.5. The Morgan fingerprint density at radius 3 is 2.43 bits per heavy atom. The van der Waals surface area contributed by atoms with Gasteiger partial charge in [-0.05, 0) is 48.3 Å². The fraction of sp³-hybridized carbons (Fsp3) is 0.256. The average molecular weight is 833 g/mol. The number of esters is 1. The number of carbonyl (C=O) groups excluding carboxylic acids is 4. The molecule has 8 rings (SSSR count). The standard InChI is InChI=1S/C39H33BrF3N7O6/c1-48-9-11-49(12-10-48)38(54)56-29-16-28-30(31-32(37(53)55-2)34(39(41,42)43)47-33(29)31)23(17-40)19-50(28)36(52)27-15-22-13-24(7-8-25(22)46-27)45-35(51)26-14-20-5-3-4-6-21(20)18-44-26/h3-8,13-16,18,23,46-47H,9-12,17,19H2,1-2H3,(H,45,51). The highest BCUT2D eigenvalue weighted by Gasteiger charge is 2.44. The normalized spacial score (nSPS) is 16.1. The number of aromatic amines is 2. The molecule has 5 heterocycles. The highest BCUT2D eigenvalue weighted by atomic mass is 79.9. The molecule has 3 aromatic heterocycles. The summed E-state index contributed by atoms with van der Waals surface area (Å²) in [7, 11) is 2.88. The molecule has 1 atom stereocenters. The number of hydrogen-bond donors (Lipinski definition) is 3. The van der Waals surface area contributed by atoms with Gasteiger partial charge in [0.15, 0.2) is 5.75 Å². The molecule has 3 aromatic carbocycles. The number of nitrogens with one attached hydrogen (secondary N) is 3. The Hall–Kier alpha value is -5.94. The molecule has 288 valence electrons. The number of ether oxygens (including phenoxy) is 2. The van der Waals surface area contributed by atoms with Crippen LogP contribution in [-0.4, -0.2) is 101 Å². The number of benzene rings is 3. The van der Waals surface area contributed by atoms with Crippen LogP contribution in [0, 0.1) is 0 Å². The molecule has 13 nitrogen and oxygen atoms in total. The number of amides is 3. The van der Waals surface area contributed by atoms with Crippen LogP contribution in [0.25, 0.3) is 32.6 Å². The Balaban J connectivity index is 1.17. The van der Waals surface area contributed by atoms with Crippen molar-refractivity contribution in [2.24, 2.45) is 0 Å². The second-order valence-electron chi connectivity index (χ2n) is 13.7. The lowest BCUT2D eigenvalue weighted by Gasteiger charge is -2.31. The predicted molar refractivity (Wildman–Crippen MR) is 206 cm³/mol. The van der Waals surface area contributed by atoms with Crippen molar-refractivity contribution in [2.75, 3.05) is 62.4 Å². The van der Waals surface area contributed by atoms with Gasteiger partial charge in [0.1, 0.15) is 17.1 Å². The number of aromatic nitrogens is 3. The molecule has 3 N–H and O–H groups in total. The van der Waals surface area contributed by atoms with E-state index >= 15 is 0 Å². The molecule has 0 bridgehead atoms. The lowest BCUT2D eigenvalue weighted by molar-refractivity contribution is -0.141. The number of H-pyrrole nitrogens is 2. The molecule has 56 heavy (non-hydrogen) atoms. The van der Waals surface area contributed by atoms with Crippen LogP contribution in [0.3, 0.4) is 0 Å². The SMILES string of the molecule is COC(=O)c1c(C(F)(F)F)[nH]c2c(OC(=O)N3CCN(C)CC3)cc3c(c12)C(CBr)CN3C(=O)c1cc2cc(NC(=O)c3cc4ccccc4cn3)ccc2[nH]1. The van der Waals surface area contributed by atoms with Crippen LogP contribution < -0.4 is 15.0 Å². The maximum Gasteiger partial charge on any atom is 0.432 e. The van der Waals surface area contributed by atoms with E-state index in [1.807, 2.05) is 36.2 Å². The van der Waals surface area contributed by atoms with E-state index in [0.29, 0.717) is 42.8 Å². The second-order valence-corrected chi connectivity index (χ2v) is 14.4. The Bertz CT molecular complexity index is 2580. The number of methoxy groups -OCH3 is 1. The molecule has 0 radical (unpaired) electrons. The van der Waals surface area contributed by atoms with Gasteiger partial charge < -0.3 is 39.5 Å². The zero-order valence-corrected chi connectivity index (χ0v) is 31.5. The smallest absolute Gasteiger partial charge is 0.432 e. The number of rotatable bonds is 6. The Morgan fingerprint density at radius 1 is 0.964 bits per heavy atom. The topological polar surface area (TPSA) is 153 Å². The van der Waals surface area contributed by atoms with Gasteiger partial charge in [-0.3, -0.25) is 14.6 Å². The van der Waals surface area contributed by atoms with E-state index in [1.54, 1.807) is 36.5 Å². The van der Waals surface area contributed by atoms with Gasteiger partial charge in [-0.15, -0.1) is 0 Å². The summed E-state index contributed by atoms with van der Waals surface area (Å²) >= 11 is 3.46. The number of nitrogens with zero attached hydrogens (tertiary/aromatic N) is 4. The van der Waals surface area contributed by atoms with E-state index in [1.165, 1.54) is 15.9 Å². The minimum Gasteiger partial charge on any atom is -0.465 e. The van der Waals surface area contributed by atoms with Crippen LogP contribution in [0.5, 0.6) is 5.75 Å². The number of anilines is 2. The van der Waals surface area contributed by atoms with E-state index in [-0.39, 0.29) is 51.2 Å². The summed E-state index contributed by atoms with van der Waals surface area (Å²) in [6.07, 6.45) is -4.17. The fourth-order valence-electron chi connectivity index (χ4n) is 7.34. The van der Waals surface area contributed by atoms with Crippen LogP contribution in [-0.2, 0) is 10.9 Å². The van der Waals surface area contributed by atoms with Crippen molar-refractivity contribution in [1.29, 1.82) is 0 Å². The molecule has 2 aliphatic heterocycles. The maximum absolute atomic E-state index is 14.5. The maximum atomic E-state index is 14.5. The van der Waals surface area contributed by atoms with Gasteiger partial charge in [-0.25, -0.2) is 9.59 Å². The summed E-state index contributed by atoms with van der Waals surface area (Å²) in [5, 5.41) is 5.27. The van der Waals surface area contributed by atoms with Gasteiger partial charge in [-0.2, -0.15) is 13.2 Å². The summed E-state index contributed by atoms with van der Waals surface area (Å²) in [5.41, 5.74) is -0.503. The second kappa shape index (κ2) is 14.3. The van der Waals surface area contributed by atoms with Crippen LogP contribution in [0.2, 0.25) is 0 Å². The lowest BCUT2D eigenvalue weighted by atomic mass is 9.95. The molecule has 6 aromatic rings. The quantitative estimate of drug-likeness (QED) is 0.118. The van der Waals surface area contributed by atoms with Crippen molar-refractivity contribution >= 4 is 83.8 Å². The molecular weight excluding hydrogens is 799 g/mol. The Kier molecular flexibility index (Phi) is 9.44. The number of halogens is 4. The first-order valence-corrected chi connectivity index (χ1v) is 18.7. The average Bonchev–Trinajstić information content (AvgIpc) is 3.91. The first-order chi connectivity index (χ1) is 26.8. The van der Waals surface area contributed by atoms with Crippen LogP contribution in [0.1, 0.15) is 48.5 Å². The minimum atomic E-state index is -5.01. The molecule has 17 heteroatoms. The van der Waals surface area contributed by atoms with Crippen LogP contribution in [0.4, 0.5) is 29.3 Å². The fourth-order valence-corrected chi connectivity index (χ4v) is 7.87. The number of likely N-dealkylation sites (N-methyl/N-ethyl adjacent to an activating group) is 1. The largest absolute Gasteiger partial charge is 0.465 e. The van der Waals surface area contributed by atoms with E-state index in [2.05, 4.69) is 36.2 Å². The summed E-state index contributed by atoms with van der Waals surface area (Å²) in [4.78, 5) is 68.6. The van der Waals surface area contributed by atoms with Gasteiger partial charge in [-0.1, -0.05) is 40.2 Å². The van der Waals surface area contributed by atoms with E-state index in [0.717, 1.165) is 17.9 Å². The van der Waals surface area contributed by atoms with Gasteiger partial charge in [0, 0.05) is 83.6 Å². The number of piperazine rings is 1. The highest BCUT2D eigenvalue weighted by Crippen LogP contribution is 2.50. The number of carbonyl (C=O) groups is 4. The van der Waals surface area contributed by atoms with Gasteiger partial charge in [0.05, 0.1) is 23.9 Å². The van der Waals surface area contributed by atoms with E-state index in [9.17, 15) is 32.3 Å². The number of hydrogen-bond acceptors (Lipinski definition) is 8. The third-order valence-electron chi connectivity index (χ3n) is 10.2. The third-order valence-corrected chi connectivity index (χ3v) is 11.0. The van der Waals surface area contributed by atoms with Crippen LogP contribution in [0.15, 0.2) is 66.9 Å². The molecule has 1 fully saturated rings. The molecule has 0 aliphatic carbocycles. The Morgan fingerprint density at radius 2 is 1.71 bits per heavy atom. The number of pyridine rings is 1. The molecule has 1 saturated heterocycles. The molecule has 1 unspecified atom stereocenters. The van der Waals surface area contributed by atoms with E-state index < -0.39 is 47.2 Å². The molecule has 3 amide bonds. The minimum absolute atomic E-state index is 0.0208. The van der Waals surface area contributed by atoms with Crippen molar-refractivity contribution in [2.45, 2.75) is 12.1 Å². The van der Waals surface area contributed by atoms with Gasteiger partial charge in [0.25, 0.3) is 11.8 Å². The zero-order chi connectivity index (χ0) is 39.5. The van der Waals surface area contributed by atoms with Crippen molar-refractivity contribution in [1.82, 2.24) is 24.8 Å².